The molecule has 0 aliphatic rings. The number of hydrogen-bond acceptors (Lipinski definition) is 4. The minimum atomic E-state index is -0.919. The standard InChI is InChI=1S/C27H31N3O4/c1-18(14-25(32)33)13-24(31)26-22-15-21(28-3)16-29-27(22)30(4)23(26)11-8-12-34-17-19(2)20-9-6-5-7-10-20/h5-7,9-10,15-16,18-19H,8,11-14,17H2,1-2,4H3,(H,32,33)/t18-,19+/m0/s1. The number of carboxylic acid groups (broad SMARTS) is 1. The van der Waals surface area contributed by atoms with Crippen LogP contribution >= 0.6 is 0 Å². The molecule has 0 radical (unpaired) electrons. The topological polar surface area (TPSA) is 85.8 Å². The van der Waals surface area contributed by atoms with Crippen LogP contribution in [0.3, 0.4) is 0 Å². The molecule has 34 heavy (non-hydrogen) atoms. The lowest BCUT2D eigenvalue weighted by Gasteiger charge is -2.13. The zero-order valence-electron chi connectivity index (χ0n) is 20.0. The Bertz CT molecular complexity index is 1190. The first kappa shape index (κ1) is 25.1. The monoisotopic (exact) mass is 461 g/mol. The molecule has 1 aromatic carbocycles. The molecule has 7 heteroatoms. The van der Waals surface area contributed by atoms with Crippen LogP contribution in [0, 0.1) is 12.5 Å². The maximum atomic E-state index is 13.3. The lowest BCUT2D eigenvalue weighted by atomic mass is 9.95. The summed E-state index contributed by atoms with van der Waals surface area (Å²) in [4.78, 5) is 32.2. The number of ketones is 1. The first-order valence-electron chi connectivity index (χ1n) is 11.5. The molecule has 3 rings (SSSR count). The molecular weight excluding hydrogens is 430 g/mol. The highest BCUT2D eigenvalue weighted by Crippen LogP contribution is 2.30. The molecule has 0 aliphatic heterocycles. The maximum absolute atomic E-state index is 13.3. The van der Waals surface area contributed by atoms with Crippen molar-refractivity contribution < 1.29 is 19.4 Å². The van der Waals surface area contributed by atoms with E-state index in [9.17, 15) is 9.59 Å². The number of hydrogen-bond donors (Lipinski definition) is 1. The minimum absolute atomic E-state index is 0.0647. The van der Waals surface area contributed by atoms with Crippen molar-refractivity contribution in [2.75, 3.05) is 13.2 Å². The van der Waals surface area contributed by atoms with Crippen molar-refractivity contribution in [2.45, 2.75) is 45.4 Å². The molecular formula is C27H31N3O4. The van der Waals surface area contributed by atoms with Crippen molar-refractivity contribution in [3.05, 3.63) is 70.8 Å². The molecule has 0 aliphatic carbocycles. The number of rotatable bonds is 12. The largest absolute Gasteiger partial charge is 0.481 e. The Morgan fingerprint density at radius 1 is 1.21 bits per heavy atom. The van der Waals surface area contributed by atoms with E-state index in [1.54, 1.807) is 13.0 Å². The smallest absolute Gasteiger partial charge is 0.303 e. The van der Waals surface area contributed by atoms with Gasteiger partial charge >= 0.3 is 5.97 Å². The number of Topliss-reactive ketones (excluding diaryl/α,β-unsaturated/α-hetero) is 1. The summed E-state index contributed by atoms with van der Waals surface area (Å²) in [5.41, 5.74) is 3.65. The quantitative estimate of drug-likeness (QED) is 0.217. The van der Waals surface area contributed by atoms with Gasteiger partial charge in [-0.05, 0) is 30.4 Å². The SMILES string of the molecule is [C-]#[N+]c1cnc2c(c1)c(C(=O)C[C@H](C)CC(=O)O)c(CCCOC[C@@H](C)c1ccccc1)n2C. The van der Waals surface area contributed by atoms with E-state index >= 15 is 0 Å². The molecule has 0 fully saturated rings. The van der Waals surface area contributed by atoms with Crippen molar-refractivity contribution in [1.82, 2.24) is 9.55 Å². The summed E-state index contributed by atoms with van der Waals surface area (Å²) in [5, 5.41) is 9.72. The molecule has 1 N–H and O–H groups in total. The number of carbonyl (C=O) groups excluding carboxylic acids is 1. The van der Waals surface area contributed by atoms with Gasteiger partial charge in [-0.1, -0.05) is 44.2 Å². The average molecular weight is 462 g/mol. The summed E-state index contributed by atoms with van der Waals surface area (Å²) in [5.74, 6) is -1.02. The van der Waals surface area contributed by atoms with Gasteiger partial charge in [0.2, 0.25) is 5.69 Å². The van der Waals surface area contributed by atoms with Gasteiger partial charge in [0.1, 0.15) is 5.65 Å². The summed E-state index contributed by atoms with van der Waals surface area (Å²) >= 11 is 0. The van der Waals surface area contributed by atoms with Crippen LogP contribution in [0.1, 0.15) is 60.6 Å². The average Bonchev–Trinajstić information content (AvgIpc) is 3.09. The number of aromatic nitrogens is 2. The highest BCUT2D eigenvalue weighted by Gasteiger charge is 2.24. The van der Waals surface area contributed by atoms with Crippen LogP contribution < -0.4 is 0 Å². The second kappa shape index (κ2) is 11.6. The molecule has 0 unspecified atom stereocenters. The van der Waals surface area contributed by atoms with Gasteiger partial charge in [0.05, 0.1) is 13.2 Å². The lowest BCUT2D eigenvalue weighted by molar-refractivity contribution is -0.137. The number of aryl methyl sites for hydroxylation is 1. The number of carboxylic acids is 1. The molecule has 178 valence electrons. The van der Waals surface area contributed by atoms with Crippen molar-refractivity contribution in [3.63, 3.8) is 0 Å². The van der Waals surface area contributed by atoms with E-state index in [1.165, 1.54) is 11.8 Å². The molecule has 3 aromatic rings. The molecule has 0 amide bonds. The Balaban J connectivity index is 1.74. The number of aliphatic carboxylic acids is 1. The number of pyridine rings is 1. The molecule has 0 bridgehead atoms. The maximum Gasteiger partial charge on any atom is 0.303 e. The van der Waals surface area contributed by atoms with Gasteiger partial charge in [0, 0.05) is 55.3 Å². The summed E-state index contributed by atoms with van der Waals surface area (Å²) in [7, 11) is 1.87. The third-order valence-electron chi connectivity index (χ3n) is 6.04. The zero-order chi connectivity index (χ0) is 24.7. The van der Waals surface area contributed by atoms with Crippen molar-refractivity contribution >= 4 is 28.5 Å². The second-order valence-electron chi connectivity index (χ2n) is 8.88. The van der Waals surface area contributed by atoms with Crippen LogP contribution in [0.4, 0.5) is 5.69 Å². The number of carbonyl (C=O) groups is 2. The van der Waals surface area contributed by atoms with Crippen molar-refractivity contribution in [3.8, 4) is 0 Å². The van der Waals surface area contributed by atoms with Crippen LogP contribution in [-0.2, 0) is 23.0 Å². The van der Waals surface area contributed by atoms with Gasteiger partial charge in [-0.3, -0.25) is 9.59 Å². The van der Waals surface area contributed by atoms with Crippen LogP contribution in [0.25, 0.3) is 15.9 Å². The van der Waals surface area contributed by atoms with Gasteiger partial charge < -0.3 is 14.4 Å². The van der Waals surface area contributed by atoms with E-state index in [0.29, 0.717) is 47.8 Å². The predicted octanol–water partition coefficient (Wildman–Crippen LogP) is 5.56. The Morgan fingerprint density at radius 2 is 1.94 bits per heavy atom. The minimum Gasteiger partial charge on any atom is -0.481 e. The first-order chi connectivity index (χ1) is 16.3. The van der Waals surface area contributed by atoms with Crippen molar-refractivity contribution in [1.29, 1.82) is 0 Å². The van der Waals surface area contributed by atoms with Crippen LogP contribution in [0.15, 0.2) is 42.6 Å². The van der Waals surface area contributed by atoms with Crippen LogP contribution in [0.2, 0.25) is 0 Å². The van der Waals surface area contributed by atoms with E-state index in [4.69, 9.17) is 16.4 Å². The normalized spacial score (nSPS) is 12.9. The summed E-state index contributed by atoms with van der Waals surface area (Å²) in [6.07, 6.45) is 2.92. The Kier molecular flexibility index (Phi) is 8.55. The van der Waals surface area contributed by atoms with Gasteiger partial charge in [0.25, 0.3) is 0 Å². The van der Waals surface area contributed by atoms with E-state index in [2.05, 4.69) is 28.9 Å². The third-order valence-corrected chi connectivity index (χ3v) is 6.04. The molecule has 2 aromatic heterocycles. The molecule has 2 atom stereocenters. The second-order valence-corrected chi connectivity index (χ2v) is 8.88. The van der Waals surface area contributed by atoms with E-state index in [1.807, 2.05) is 29.8 Å². The van der Waals surface area contributed by atoms with Crippen molar-refractivity contribution in [2.24, 2.45) is 13.0 Å². The molecule has 0 saturated heterocycles. The van der Waals surface area contributed by atoms with Crippen LogP contribution in [-0.4, -0.2) is 39.6 Å². The van der Waals surface area contributed by atoms with E-state index < -0.39 is 5.97 Å². The fourth-order valence-electron chi connectivity index (χ4n) is 4.28. The molecule has 0 saturated carbocycles. The third kappa shape index (κ3) is 6.09. The fourth-order valence-corrected chi connectivity index (χ4v) is 4.28. The fraction of sp³-hybridized carbons (Fsp3) is 0.407. The molecule has 0 spiro atoms. The van der Waals surface area contributed by atoms with Gasteiger partial charge in [-0.15, -0.1) is 0 Å². The Hall–Kier alpha value is -3.50. The summed E-state index contributed by atoms with van der Waals surface area (Å²) in [6, 6.07) is 11.9. The van der Waals surface area contributed by atoms with E-state index in [0.717, 1.165) is 12.1 Å². The van der Waals surface area contributed by atoms with Gasteiger partial charge in [-0.25, -0.2) is 9.83 Å². The van der Waals surface area contributed by atoms with Crippen LogP contribution in [0.5, 0.6) is 0 Å². The summed E-state index contributed by atoms with van der Waals surface area (Å²) < 4.78 is 7.82. The predicted molar refractivity (Wildman–Crippen MR) is 131 cm³/mol. The highest BCUT2D eigenvalue weighted by atomic mass is 16.5. The first-order valence-corrected chi connectivity index (χ1v) is 11.5. The number of nitrogens with zero attached hydrogens (tertiary/aromatic N) is 3. The lowest BCUT2D eigenvalue weighted by Crippen LogP contribution is -2.13. The number of ether oxygens (including phenoxy) is 1. The Labute approximate surface area is 200 Å². The molecule has 2 heterocycles. The van der Waals surface area contributed by atoms with Gasteiger partial charge in [-0.2, -0.15) is 0 Å². The highest BCUT2D eigenvalue weighted by molar-refractivity contribution is 6.09. The number of fused-ring (bicyclic) bond motifs is 1. The molecule has 7 nitrogen and oxygen atoms in total. The van der Waals surface area contributed by atoms with Gasteiger partial charge in [0.15, 0.2) is 5.78 Å². The van der Waals surface area contributed by atoms with E-state index in [-0.39, 0.29) is 24.5 Å². The Morgan fingerprint density at radius 3 is 2.62 bits per heavy atom. The zero-order valence-corrected chi connectivity index (χ0v) is 20.0. The number of benzene rings is 1. The summed E-state index contributed by atoms with van der Waals surface area (Å²) in [6.45, 7) is 12.4.